The molecular weight excluding hydrogens is 422 g/mol. The summed E-state index contributed by atoms with van der Waals surface area (Å²) < 4.78 is 5.27. The van der Waals surface area contributed by atoms with Gasteiger partial charge in [0, 0.05) is 31.8 Å². The quantitative estimate of drug-likeness (QED) is 0.274. The van der Waals surface area contributed by atoms with Crippen LogP contribution in [0.5, 0.6) is 5.75 Å². The Hall–Kier alpha value is -2.52. The Balaban J connectivity index is 1.86. The average molecular weight is 460 g/mol. The number of nitrogens with zero attached hydrogens (tertiary/aromatic N) is 1. The second kappa shape index (κ2) is 13.3. The molecule has 1 aromatic heterocycles. The number of aromatic nitrogens is 1. The lowest BCUT2D eigenvalue weighted by atomic mass is 9.93. The molecular formula is C25H37N3O5. The Kier molecular flexibility index (Phi) is 10.7. The summed E-state index contributed by atoms with van der Waals surface area (Å²) in [6, 6.07) is 10.9. The van der Waals surface area contributed by atoms with Gasteiger partial charge >= 0.3 is 0 Å². The van der Waals surface area contributed by atoms with Gasteiger partial charge in [-0.3, -0.25) is 4.79 Å². The minimum Gasteiger partial charge on any atom is -0.506 e. The van der Waals surface area contributed by atoms with Gasteiger partial charge in [-0.2, -0.15) is 0 Å². The molecule has 8 heteroatoms. The number of nitrogens with one attached hydrogen (secondary N) is 2. The summed E-state index contributed by atoms with van der Waals surface area (Å²) in [5.41, 5.74) is 2.25. The molecule has 0 fully saturated rings. The number of carbonyl (C=O) groups excluding carboxylic acids is 1. The normalized spacial score (nSPS) is 12.5. The van der Waals surface area contributed by atoms with Gasteiger partial charge in [-0.1, -0.05) is 24.3 Å². The third-order valence-electron chi connectivity index (χ3n) is 5.23. The summed E-state index contributed by atoms with van der Waals surface area (Å²) in [6.45, 7) is 7.84. The third kappa shape index (κ3) is 9.47. The molecule has 1 aromatic carbocycles. The van der Waals surface area contributed by atoms with Crippen molar-refractivity contribution in [1.82, 2.24) is 15.6 Å². The first-order chi connectivity index (χ1) is 15.7. The number of β-amino-alcohol motifs (C(OH)–C–C–N with tert-alkyl or cyclic N) is 1. The molecule has 182 valence electrons. The molecule has 0 saturated heterocycles. The Bertz CT molecular complexity index is 888. The summed E-state index contributed by atoms with van der Waals surface area (Å²) in [5, 5.41) is 35.6. The Morgan fingerprint density at radius 3 is 2.70 bits per heavy atom. The van der Waals surface area contributed by atoms with E-state index >= 15 is 0 Å². The first-order valence-corrected chi connectivity index (χ1v) is 11.4. The van der Waals surface area contributed by atoms with Gasteiger partial charge in [0.25, 0.3) is 0 Å². The smallest absolute Gasteiger partial charge is 0.224 e. The maximum atomic E-state index is 12.2. The molecule has 33 heavy (non-hydrogen) atoms. The van der Waals surface area contributed by atoms with E-state index < -0.39 is 12.7 Å². The number of aromatic hydroxyl groups is 1. The first kappa shape index (κ1) is 26.7. The molecule has 0 radical (unpaired) electrons. The van der Waals surface area contributed by atoms with E-state index in [1.807, 2.05) is 45.0 Å². The average Bonchev–Trinajstić information content (AvgIpc) is 2.77. The highest BCUT2D eigenvalue weighted by atomic mass is 16.5. The van der Waals surface area contributed by atoms with Gasteiger partial charge in [0.2, 0.25) is 5.91 Å². The van der Waals surface area contributed by atoms with Gasteiger partial charge in [-0.15, -0.1) is 0 Å². The van der Waals surface area contributed by atoms with Crippen molar-refractivity contribution in [2.75, 3.05) is 26.3 Å². The highest BCUT2D eigenvalue weighted by molar-refractivity contribution is 5.78. The Morgan fingerprint density at radius 2 is 1.97 bits per heavy atom. The van der Waals surface area contributed by atoms with Crippen molar-refractivity contribution >= 4 is 5.91 Å². The van der Waals surface area contributed by atoms with Crippen molar-refractivity contribution in [3.05, 3.63) is 58.9 Å². The summed E-state index contributed by atoms with van der Waals surface area (Å²) >= 11 is 0. The number of hydrogen-bond donors (Lipinski definition) is 5. The fourth-order valence-corrected chi connectivity index (χ4v) is 3.51. The zero-order valence-corrected chi connectivity index (χ0v) is 19.8. The summed E-state index contributed by atoms with van der Waals surface area (Å²) in [4.78, 5) is 16.3. The van der Waals surface area contributed by atoms with E-state index in [1.54, 1.807) is 6.07 Å². The van der Waals surface area contributed by atoms with E-state index in [2.05, 4.69) is 15.6 Å². The van der Waals surface area contributed by atoms with Gasteiger partial charge in [0.1, 0.15) is 17.5 Å². The van der Waals surface area contributed by atoms with Crippen LogP contribution in [0.4, 0.5) is 0 Å². The highest BCUT2D eigenvalue weighted by Crippen LogP contribution is 2.20. The summed E-state index contributed by atoms with van der Waals surface area (Å²) in [7, 11) is 0. The number of hydrogen-bond acceptors (Lipinski definition) is 7. The number of amides is 1. The topological polar surface area (TPSA) is 124 Å². The highest BCUT2D eigenvalue weighted by Gasteiger charge is 2.21. The number of benzene rings is 1. The number of aliphatic hydroxyl groups is 2. The molecule has 0 bridgehead atoms. The van der Waals surface area contributed by atoms with Gasteiger partial charge in [-0.05, 0) is 56.9 Å². The molecule has 1 unspecified atom stereocenters. The van der Waals surface area contributed by atoms with Crippen molar-refractivity contribution in [1.29, 1.82) is 0 Å². The van der Waals surface area contributed by atoms with Crippen molar-refractivity contribution in [3.8, 4) is 5.75 Å². The first-order valence-electron chi connectivity index (χ1n) is 11.4. The number of pyridine rings is 1. The molecule has 0 spiro atoms. The Labute approximate surface area is 196 Å². The maximum absolute atomic E-state index is 12.2. The van der Waals surface area contributed by atoms with Crippen molar-refractivity contribution in [3.63, 3.8) is 0 Å². The molecule has 2 rings (SSSR count). The van der Waals surface area contributed by atoms with Crippen LogP contribution in [0, 0.1) is 0 Å². The fraction of sp³-hybridized carbons (Fsp3) is 0.520. The van der Waals surface area contributed by atoms with E-state index in [4.69, 9.17) is 4.74 Å². The predicted molar refractivity (Wildman–Crippen MR) is 127 cm³/mol. The van der Waals surface area contributed by atoms with Crippen LogP contribution in [0.3, 0.4) is 0 Å². The number of carbonyl (C=O) groups is 1. The minimum absolute atomic E-state index is 0.00666. The fourth-order valence-electron chi connectivity index (χ4n) is 3.51. The number of aliphatic hydroxyl groups excluding tert-OH is 2. The second-order valence-electron chi connectivity index (χ2n) is 8.71. The van der Waals surface area contributed by atoms with Crippen molar-refractivity contribution < 1.29 is 24.9 Å². The molecule has 0 aliphatic heterocycles. The van der Waals surface area contributed by atoms with Crippen LogP contribution in [0.25, 0.3) is 0 Å². The molecule has 1 amide bonds. The van der Waals surface area contributed by atoms with Crippen LogP contribution in [-0.2, 0) is 29.0 Å². The molecule has 5 N–H and O–H groups in total. The van der Waals surface area contributed by atoms with Crippen LogP contribution in [0.2, 0.25) is 0 Å². The molecule has 2 aromatic rings. The van der Waals surface area contributed by atoms with Gasteiger partial charge in [0.05, 0.1) is 18.7 Å². The minimum atomic E-state index is -0.882. The molecule has 1 atom stereocenters. The standard InChI is InChI=1S/C25H37N3O5/c1-4-33-12-6-11-26-24(32)14-18-7-5-8-19(13-18)15-25(2,3)27-16-23(31)20-9-10-22(30)21(17-29)28-20/h5,7-10,13,23,27,29-31H,4,6,11-12,14-17H2,1-3H3,(H,26,32). The van der Waals surface area contributed by atoms with Crippen molar-refractivity contribution in [2.45, 2.75) is 58.3 Å². The molecule has 0 saturated carbocycles. The molecule has 8 nitrogen and oxygen atoms in total. The van der Waals surface area contributed by atoms with Gasteiger partial charge in [0.15, 0.2) is 0 Å². The largest absolute Gasteiger partial charge is 0.506 e. The summed E-state index contributed by atoms with van der Waals surface area (Å²) in [5.74, 6) is -0.103. The van der Waals surface area contributed by atoms with E-state index in [9.17, 15) is 20.1 Å². The lowest BCUT2D eigenvalue weighted by molar-refractivity contribution is -0.120. The van der Waals surface area contributed by atoms with Crippen LogP contribution >= 0.6 is 0 Å². The lowest BCUT2D eigenvalue weighted by Gasteiger charge is -2.28. The number of ether oxygens (including phenoxy) is 1. The molecule has 1 heterocycles. The SMILES string of the molecule is CCOCCCNC(=O)Cc1cccc(CC(C)(C)NCC(O)c2ccc(O)c(CO)n2)c1. The van der Waals surface area contributed by atoms with Crippen LogP contribution in [0.1, 0.15) is 55.8 Å². The van der Waals surface area contributed by atoms with Crippen LogP contribution in [-0.4, -0.2) is 58.1 Å². The van der Waals surface area contributed by atoms with E-state index in [1.165, 1.54) is 6.07 Å². The van der Waals surface area contributed by atoms with E-state index in [0.29, 0.717) is 38.3 Å². The van der Waals surface area contributed by atoms with E-state index in [-0.39, 0.29) is 29.4 Å². The maximum Gasteiger partial charge on any atom is 0.224 e. The Morgan fingerprint density at radius 1 is 1.21 bits per heavy atom. The summed E-state index contributed by atoms with van der Waals surface area (Å²) in [6.07, 6.45) is 0.947. The monoisotopic (exact) mass is 459 g/mol. The van der Waals surface area contributed by atoms with Crippen LogP contribution in [0.15, 0.2) is 36.4 Å². The molecule has 0 aliphatic rings. The third-order valence-corrected chi connectivity index (χ3v) is 5.23. The molecule has 0 aliphatic carbocycles. The zero-order valence-electron chi connectivity index (χ0n) is 19.8. The lowest BCUT2D eigenvalue weighted by Crippen LogP contribution is -2.43. The van der Waals surface area contributed by atoms with Gasteiger partial charge in [-0.25, -0.2) is 4.98 Å². The number of rotatable bonds is 14. The van der Waals surface area contributed by atoms with Gasteiger partial charge < -0.3 is 30.7 Å². The van der Waals surface area contributed by atoms with E-state index in [0.717, 1.165) is 17.5 Å². The second-order valence-corrected chi connectivity index (χ2v) is 8.71. The zero-order chi connectivity index (χ0) is 24.3. The predicted octanol–water partition coefficient (Wildman–Crippen LogP) is 2.01. The van der Waals surface area contributed by atoms with Crippen molar-refractivity contribution in [2.24, 2.45) is 0 Å². The van der Waals surface area contributed by atoms with Crippen LogP contribution < -0.4 is 10.6 Å².